The molecule has 0 rings (SSSR count). The molecular weight excluding hydrogens is 160 g/mol. The third-order valence-electron chi connectivity index (χ3n) is 0.311. The lowest BCUT2D eigenvalue weighted by Crippen LogP contribution is -2.17. The van der Waals surface area contributed by atoms with Crippen molar-refractivity contribution in [2.75, 3.05) is 0 Å². The minimum atomic E-state index is -2.19. The zero-order valence-corrected chi connectivity index (χ0v) is 5.34. The lowest BCUT2D eigenvalue weighted by atomic mass is 11.5. The fourth-order valence-corrected chi connectivity index (χ4v) is 0.367. The van der Waals surface area contributed by atoms with E-state index in [-0.39, 0.29) is 0 Å². The Labute approximate surface area is 58.9 Å². The summed E-state index contributed by atoms with van der Waals surface area (Å²) in [5, 5.41) is 15.6. The summed E-state index contributed by atoms with van der Waals surface area (Å²) in [7, 11) is 0. The second-order valence-electron chi connectivity index (χ2n) is 0.799. The van der Waals surface area contributed by atoms with Crippen LogP contribution in [0.15, 0.2) is 0 Å². The first-order valence-electron chi connectivity index (χ1n) is 1.86. The highest BCUT2D eigenvalue weighted by Crippen LogP contribution is 1.78. The summed E-state index contributed by atoms with van der Waals surface area (Å²) in [6, 6.07) is 0. The zero-order valence-electron chi connectivity index (χ0n) is 4.53. The molecule has 0 aliphatic carbocycles. The Hall–Kier alpha value is -1.35. The van der Waals surface area contributed by atoms with Crippen molar-refractivity contribution < 1.29 is 12.8 Å². The fourth-order valence-electron chi connectivity index (χ4n) is 0.122. The second kappa shape index (κ2) is 5.78. The molecule has 0 aromatic rings. The van der Waals surface area contributed by atoms with Gasteiger partial charge in [-0.1, -0.05) is 0 Å². The van der Waals surface area contributed by atoms with E-state index < -0.39 is 11.4 Å². The van der Waals surface area contributed by atoms with E-state index in [4.69, 9.17) is 10.5 Å². The molecule has 10 heavy (non-hydrogen) atoms. The fraction of sp³-hybridized carbons (Fsp3) is 0. The number of nitriles is 2. The van der Waals surface area contributed by atoms with Crippen molar-refractivity contribution in [1.82, 2.24) is 11.0 Å². The van der Waals surface area contributed by atoms with Crippen molar-refractivity contribution >= 4 is 11.4 Å². The molecule has 0 unspecified atom stereocenters. The first-order chi connectivity index (χ1) is 4.81. The van der Waals surface area contributed by atoms with Crippen LogP contribution in [0.2, 0.25) is 0 Å². The molecule has 0 heterocycles. The summed E-state index contributed by atoms with van der Waals surface area (Å²) in [6.45, 7) is 0. The van der Waals surface area contributed by atoms with Crippen LogP contribution in [-0.4, -0.2) is 4.21 Å². The minimum absolute atomic E-state index is 1.32. The molecule has 0 radical (unpaired) electrons. The standard InChI is InChI=1S/C2H2N4O3S/c3-1-5-8-10(7)9-6-2-4/h5-6H. The van der Waals surface area contributed by atoms with Gasteiger partial charge in [0.25, 0.3) is 0 Å². The highest BCUT2D eigenvalue weighted by Gasteiger charge is 1.97. The Bertz CT molecular complexity index is 172. The molecular formula is C2H2N4O3S. The highest BCUT2D eigenvalue weighted by atomic mass is 32.2. The molecule has 0 aromatic carbocycles. The van der Waals surface area contributed by atoms with Gasteiger partial charge in [-0.3, -0.25) is 0 Å². The van der Waals surface area contributed by atoms with Crippen LogP contribution in [0.5, 0.6) is 0 Å². The average molecular weight is 162 g/mol. The minimum Gasteiger partial charge on any atom is -0.193 e. The van der Waals surface area contributed by atoms with Crippen molar-refractivity contribution in [3.05, 3.63) is 0 Å². The van der Waals surface area contributed by atoms with E-state index >= 15 is 0 Å². The molecule has 0 bridgehead atoms. The van der Waals surface area contributed by atoms with E-state index in [9.17, 15) is 4.21 Å². The van der Waals surface area contributed by atoms with E-state index in [0.29, 0.717) is 0 Å². The van der Waals surface area contributed by atoms with Gasteiger partial charge in [0.05, 0.1) is 0 Å². The molecule has 0 saturated heterocycles. The maximum atomic E-state index is 10.2. The Morgan fingerprint density at radius 1 is 1.20 bits per heavy atom. The SMILES string of the molecule is N#CNOS(=O)ONC#N. The molecule has 0 aliphatic rings. The van der Waals surface area contributed by atoms with Crippen molar-refractivity contribution in [3.63, 3.8) is 0 Å². The van der Waals surface area contributed by atoms with E-state index in [1.165, 1.54) is 12.4 Å². The van der Waals surface area contributed by atoms with Crippen molar-refractivity contribution in [2.24, 2.45) is 0 Å². The molecule has 7 nitrogen and oxygen atoms in total. The van der Waals surface area contributed by atoms with Gasteiger partial charge in [0, 0.05) is 0 Å². The predicted molar refractivity (Wildman–Crippen MR) is 27.8 cm³/mol. The van der Waals surface area contributed by atoms with E-state index in [1.54, 1.807) is 11.0 Å². The molecule has 54 valence electrons. The van der Waals surface area contributed by atoms with Crippen LogP contribution in [0.3, 0.4) is 0 Å². The molecule has 0 spiro atoms. The summed E-state index contributed by atoms with van der Waals surface area (Å²) in [5.74, 6) is 0. The molecule has 0 saturated carbocycles. The summed E-state index contributed by atoms with van der Waals surface area (Å²) >= 11 is -2.19. The van der Waals surface area contributed by atoms with Crippen LogP contribution in [0.4, 0.5) is 0 Å². The van der Waals surface area contributed by atoms with Crippen molar-refractivity contribution in [3.8, 4) is 12.4 Å². The van der Waals surface area contributed by atoms with Gasteiger partial charge >= 0.3 is 11.4 Å². The Morgan fingerprint density at radius 2 is 1.60 bits per heavy atom. The third kappa shape index (κ3) is 4.80. The number of nitrogens with zero attached hydrogens (tertiary/aromatic N) is 2. The summed E-state index contributed by atoms with van der Waals surface area (Å²) < 4.78 is 18.0. The zero-order chi connectivity index (χ0) is 7.82. The largest absolute Gasteiger partial charge is 0.351 e. The Kier molecular flexibility index (Phi) is 5.00. The number of nitrogens with one attached hydrogen (secondary N) is 2. The van der Waals surface area contributed by atoms with Crippen molar-refractivity contribution in [2.45, 2.75) is 0 Å². The Morgan fingerprint density at radius 3 is 1.90 bits per heavy atom. The molecule has 0 atom stereocenters. The maximum absolute atomic E-state index is 10.2. The molecule has 0 aliphatic heterocycles. The first kappa shape index (κ1) is 8.65. The molecule has 2 N–H and O–H groups in total. The van der Waals surface area contributed by atoms with Crippen LogP contribution in [-0.2, 0) is 19.9 Å². The lowest BCUT2D eigenvalue weighted by Gasteiger charge is -1.94. The lowest BCUT2D eigenvalue weighted by molar-refractivity contribution is 0.184. The average Bonchev–Trinajstić information content (AvgIpc) is 1.97. The Balaban J connectivity index is 3.30. The second-order valence-corrected chi connectivity index (χ2v) is 1.54. The van der Waals surface area contributed by atoms with Crippen LogP contribution in [0.1, 0.15) is 0 Å². The highest BCUT2D eigenvalue weighted by molar-refractivity contribution is 7.75. The van der Waals surface area contributed by atoms with Gasteiger partial charge in [0.1, 0.15) is 0 Å². The number of rotatable bonds is 4. The van der Waals surface area contributed by atoms with Gasteiger partial charge in [-0.25, -0.2) is 0 Å². The molecule has 0 amide bonds. The third-order valence-corrected chi connectivity index (χ3v) is 0.750. The first-order valence-corrected chi connectivity index (χ1v) is 2.86. The van der Waals surface area contributed by atoms with Gasteiger partial charge < -0.3 is 0 Å². The van der Waals surface area contributed by atoms with E-state index in [2.05, 4.69) is 8.57 Å². The van der Waals surface area contributed by atoms with Gasteiger partial charge in [-0.2, -0.15) is 25.7 Å². The summed E-state index contributed by atoms with van der Waals surface area (Å²) in [4.78, 5) is 0. The van der Waals surface area contributed by atoms with Gasteiger partial charge in [-0.05, 0) is 0 Å². The van der Waals surface area contributed by atoms with E-state index in [0.717, 1.165) is 0 Å². The van der Waals surface area contributed by atoms with Crippen molar-refractivity contribution in [1.29, 1.82) is 10.5 Å². The molecule has 0 aromatic heterocycles. The topological polar surface area (TPSA) is 107 Å². The van der Waals surface area contributed by atoms with Gasteiger partial charge in [0.2, 0.25) is 12.4 Å². The normalized spacial score (nSPS) is 7.90. The summed E-state index contributed by atoms with van der Waals surface area (Å²) in [6.07, 6.45) is 2.64. The predicted octanol–water partition coefficient (Wildman–Crippen LogP) is -1.43. The van der Waals surface area contributed by atoms with Crippen LogP contribution >= 0.6 is 0 Å². The number of hydrogen-bond acceptors (Lipinski definition) is 7. The monoisotopic (exact) mass is 162 g/mol. The molecule has 8 heteroatoms. The smallest absolute Gasteiger partial charge is 0.193 e. The van der Waals surface area contributed by atoms with Gasteiger partial charge in [-0.15, -0.1) is 8.57 Å². The van der Waals surface area contributed by atoms with Gasteiger partial charge in [0.15, 0.2) is 0 Å². The van der Waals surface area contributed by atoms with Crippen LogP contribution in [0.25, 0.3) is 0 Å². The van der Waals surface area contributed by atoms with Crippen LogP contribution < -0.4 is 11.0 Å². The number of hydroxylamine groups is 2. The quantitative estimate of drug-likeness (QED) is 0.296. The maximum Gasteiger partial charge on any atom is 0.351 e. The van der Waals surface area contributed by atoms with E-state index in [1.807, 2.05) is 0 Å². The number of hydrogen-bond donors (Lipinski definition) is 2. The molecule has 0 fully saturated rings. The van der Waals surface area contributed by atoms with Crippen LogP contribution in [0, 0.1) is 22.9 Å². The summed E-state index contributed by atoms with van der Waals surface area (Å²) in [5.41, 5.74) is 3.18.